The lowest BCUT2D eigenvalue weighted by Crippen LogP contribution is -2.00. The average Bonchev–Trinajstić information content (AvgIpc) is 3.40. The number of hydrogen-bond acceptors (Lipinski definition) is 5. The van der Waals surface area contributed by atoms with Crippen LogP contribution < -0.4 is 0 Å². The quantitative estimate of drug-likeness (QED) is 0.142. The Morgan fingerprint density at radius 2 is 0.697 bits per heavy atom. The van der Waals surface area contributed by atoms with Crippen molar-refractivity contribution in [1.29, 1.82) is 10.5 Å². The van der Waals surface area contributed by atoms with Crippen molar-refractivity contribution in [2.45, 2.75) is 0 Å². The number of nitriles is 2. The molecule has 5 nitrogen and oxygen atoms in total. The summed E-state index contributed by atoms with van der Waals surface area (Å²) in [6, 6.07) is 81.3. The molecule has 11 rings (SSSR count). The molecule has 0 unspecified atom stereocenters. The zero-order chi connectivity index (χ0) is 44.4. The van der Waals surface area contributed by atoms with Gasteiger partial charge in [-0.3, -0.25) is 0 Å². The van der Waals surface area contributed by atoms with Crippen molar-refractivity contribution in [2.75, 3.05) is 0 Å². The standard InChI is InChI=1S/C61H37N5/c62-38-40-19-21-41(22-20-40)42-23-28-46(29-24-42)60-64-59(45-10-2-1-3-11-45)65-61(66-60)54-17-8-15-50(35-54)51-31-32-55(39-63)57(36-51)53-16-7-14-49(34-53)47-12-6-13-48(33-47)52-30-27-44-26-25-43-9-4-5-18-56(43)58(44)37-52/h1-37H. The van der Waals surface area contributed by atoms with Crippen LogP contribution in [0.25, 0.3) is 111 Å². The molecule has 0 aliphatic carbocycles. The smallest absolute Gasteiger partial charge is 0.164 e. The van der Waals surface area contributed by atoms with Gasteiger partial charge in [0.25, 0.3) is 0 Å². The number of hydrogen-bond donors (Lipinski definition) is 0. The molecule has 10 aromatic carbocycles. The number of fused-ring (bicyclic) bond motifs is 3. The second-order valence-electron chi connectivity index (χ2n) is 16.3. The minimum absolute atomic E-state index is 0.553. The lowest BCUT2D eigenvalue weighted by atomic mass is 9.91. The van der Waals surface area contributed by atoms with Crippen LogP contribution >= 0.6 is 0 Å². The first-order valence-electron chi connectivity index (χ1n) is 21.8. The van der Waals surface area contributed by atoms with Crippen LogP contribution in [0.1, 0.15) is 11.1 Å². The Morgan fingerprint density at radius 1 is 0.273 bits per heavy atom. The highest BCUT2D eigenvalue weighted by molar-refractivity contribution is 6.08. The summed E-state index contributed by atoms with van der Waals surface area (Å²) >= 11 is 0. The monoisotopic (exact) mass is 839 g/mol. The van der Waals surface area contributed by atoms with Crippen LogP contribution in [-0.2, 0) is 0 Å². The molecule has 0 saturated carbocycles. The number of rotatable bonds is 8. The minimum Gasteiger partial charge on any atom is -0.208 e. The largest absolute Gasteiger partial charge is 0.208 e. The lowest BCUT2D eigenvalue weighted by Gasteiger charge is -2.13. The first-order chi connectivity index (χ1) is 32.6. The maximum absolute atomic E-state index is 10.4. The van der Waals surface area contributed by atoms with Crippen LogP contribution in [-0.4, -0.2) is 15.0 Å². The predicted octanol–water partition coefficient (Wildman–Crippen LogP) is 15.3. The van der Waals surface area contributed by atoms with Crippen LogP contribution in [0.4, 0.5) is 0 Å². The van der Waals surface area contributed by atoms with Crippen LogP contribution in [0.2, 0.25) is 0 Å². The second kappa shape index (κ2) is 17.1. The molecule has 306 valence electrons. The molecule has 0 radical (unpaired) electrons. The lowest BCUT2D eigenvalue weighted by molar-refractivity contribution is 1.07. The number of benzene rings is 10. The van der Waals surface area contributed by atoms with E-state index in [9.17, 15) is 10.5 Å². The van der Waals surface area contributed by atoms with Crippen molar-refractivity contribution >= 4 is 21.5 Å². The molecular weight excluding hydrogens is 803 g/mol. The maximum Gasteiger partial charge on any atom is 0.164 e. The Morgan fingerprint density at radius 3 is 1.35 bits per heavy atom. The highest BCUT2D eigenvalue weighted by Crippen LogP contribution is 2.36. The topological polar surface area (TPSA) is 86.2 Å². The first-order valence-corrected chi connectivity index (χ1v) is 21.8. The number of aromatic nitrogens is 3. The van der Waals surface area contributed by atoms with Gasteiger partial charge in [-0.2, -0.15) is 10.5 Å². The minimum atomic E-state index is 0.553. The van der Waals surface area contributed by atoms with E-state index in [1.165, 1.54) is 21.5 Å². The molecule has 1 heterocycles. The summed E-state index contributed by atoms with van der Waals surface area (Å²) in [6.45, 7) is 0. The zero-order valence-corrected chi connectivity index (χ0v) is 35.6. The Bertz CT molecular complexity index is 3710. The Kier molecular flexibility index (Phi) is 10.3. The van der Waals surface area contributed by atoms with E-state index in [4.69, 9.17) is 15.0 Å². The van der Waals surface area contributed by atoms with Crippen molar-refractivity contribution in [3.63, 3.8) is 0 Å². The first kappa shape index (κ1) is 39.5. The van der Waals surface area contributed by atoms with Gasteiger partial charge in [0.2, 0.25) is 0 Å². The van der Waals surface area contributed by atoms with Crippen molar-refractivity contribution in [3.05, 3.63) is 236 Å². The normalized spacial score (nSPS) is 11.0. The Hall–Kier alpha value is -9.29. The van der Waals surface area contributed by atoms with E-state index >= 15 is 0 Å². The third-order valence-electron chi connectivity index (χ3n) is 12.2. The molecular formula is C61H37N5. The van der Waals surface area contributed by atoms with Gasteiger partial charge in [-0.15, -0.1) is 0 Å². The highest BCUT2D eigenvalue weighted by atomic mass is 15.0. The van der Waals surface area contributed by atoms with E-state index in [0.717, 1.165) is 72.3 Å². The average molecular weight is 840 g/mol. The van der Waals surface area contributed by atoms with Gasteiger partial charge in [-0.05, 0) is 120 Å². The zero-order valence-electron chi connectivity index (χ0n) is 35.6. The maximum atomic E-state index is 10.4. The van der Waals surface area contributed by atoms with E-state index < -0.39 is 0 Å². The van der Waals surface area contributed by atoms with Crippen LogP contribution in [0, 0.1) is 22.7 Å². The van der Waals surface area contributed by atoms with Gasteiger partial charge in [0.05, 0.1) is 23.3 Å². The van der Waals surface area contributed by atoms with Gasteiger partial charge in [0.15, 0.2) is 17.5 Å². The van der Waals surface area contributed by atoms with Gasteiger partial charge in [0.1, 0.15) is 0 Å². The summed E-state index contributed by atoms with van der Waals surface area (Å²) in [7, 11) is 0. The Balaban J connectivity index is 0.926. The molecule has 0 atom stereocenters. The van der Waals surface area contributed by atoms with Crippen molar-refractivity contribution in [3.8, 4) is 102 Å². The molecule has 0 fully saturated rings. The van der Waals surface area contributed by atoms with Gasteiger partial charge in [0, 0.05) is 22.3 Å². The summed E-state index contributed by atoms with van der Waals surface area (Å²) in [5, 5.41) is 24.6. The van der Waals surface area contributed by atoms with E-state index in [0.29, 0.717) is 28.6 Å². The third kappa shape index (κ3) is 7.75. The second-order valence-corrected chi connectivity index (χ2v) is 16.3. The van der Waals surface area contributed by atoms with E-state index in [1.807, 2.05) is 103 Å². The summed E-state index contributed by atoms with van der Waals surface area (Å²) in [5.74, 6) is 1.69. The van der Waals surface area contributed by atoms with Gasteiger partial charge < -0.3 is 0 Å². The van der Waals surface area contributed by atoms with Crippen LogP contribution in [0.3, 0.4) is 0 Å². The summed E-state index contributed by atoms with van der Waals surface area (Å²) in [4.78, 5) is 15.0. The molecule has 5 heteroatoms. The van der Waals surface area contributed by atoms with Crippen molar-refractivity contribution < 1.29 is 0 Å². The molecule has 66 heavy (non-hydrogen) atoms. The highest BCUT2D eigenvalue weighted by Gasteiger charge is 2.15. The Labute approximate surface area is 382 Å². The molecule has 0 aliphatic heterocycles. The van der Waals surface area contributed by atoms with Gasteiger partial charge >= 0.3 is 0 Å². The fourth-order valence-corrected chi connectivity index (χ4v) is 8.72. The van der Waals surface area contributed by atoms with Crippen LogP contribution in [0.15, 0.2) is 224 Å². The SMILES string of the molecule is N#Cc1ccc(-c2ccc(-c3nc(-c4ccccc4)nc(-c4cccc(-c5ccc(C#N)c(-c6cccc(-c7cccc(-c8ccc9ccc%10ccccc%10c9c8)c7)c6)c5)c4)n3)cc2)cc1. The fraction of sp³-hybridized carbons (Fsp3) is 0. The molecule has 0 amide bonds. The molecule has 0 spiro atoms. The summed E-state index contributed by atoms with van der Waals surface area (Å²) < 4.78 is 0. The van der Waals surface area contributed by atoms with Crippen molar-refractivity contribution in [2.24, 2.45) is 0 Å². The summed E-state index contributed by atoms with van der Waals surface area (Å²) in [5.41, 5.74) is 14.1. The number of nitrogens with zero attached hydrogens (tertiary/aromatic N) is 5. The third-order valence-corrected chi connectivity index (χ3v) is 12.2. The molecule has 0 N–H and O–H groups in total. The van der Waals surface area contributed by atoms with Crippen LogP contribution in [0.5, 0.6) is 0 Å². The molecule has 0 bridgehead atoms. The van der Waals surface area contributed by atoms with E-state index in [1.54, 1.807) is 0 Å². The molecule has 11 aromatic rings. The van der Waals surface area contributed by atoms with E-state index in [2.05, 4.69) is 133 Å². The van der Waals surface area contributed by atoms with Gasteiger partial charge in [-0.1, -0.05) is 176 Å². The van der Waals surface area contributed by atoms with Gasteiger partial charge in [-0.25, -0.2) is 15.0 Å². The van der Waals surface area contributed by atoms with E-state index in [-0.39, 0.29) is 0 Å². The molecule has 1 aromatic heterocycles. The molecule has 0 aliphatic rings. The summed E-state index contributed by atoms with van der Waals surface area (Å²) in [6.07, 6.45) is 0. The predicted molar refractivity (Wildman–Crippen MR) is 268 cm³/mol. The van der Waals surface area contributed by atoms with Crippen molar-refractivity contribution in [1.82, 2.24) is 15.0 Å². The fourth-order valence-electron chi connectivity index (χ4n) is 8.72. The molecule has 0 saturated heterocycles.